The van der Waals surface area contributed by atoms with Gasteiger partial charge in [0.1, 0.15) is 5.75 Å². The van der Waals surface area contributed by atoms with E-state index in [0.717, 1.165) is 23.4 Å². The molecule has 0 saturated carbocycles. The molecule has 0 aliphatic carbocycles. The molecule has 0 spiro atoms. The average Bonchev–Trinajstić information content (AvgIpc) is 2.49. The third-order valence-electron chi connectivity index (χ3n) is 2.96. The number of hydrogen-bond donors (Lipinski definition) is 1. The van der Waals surface area contributed by atoms with Crippen molar-refractivity contribution in [1.82, 2.24) is 0 Å². The van der Waals surface area contributed by atoms with Crippen molar-refractivity contribution in [1.29, 1.82) is 0 Å². The summed E-state index contributed by atoms with van der Waals surface area (Å²) in [6.07, 6.45) is -10.4. The first-order valence-electron chi connectivity index (χ1n) is 6.70. The van der Waals surface area contributed by atoms with Crippen molar-refractivity contribution in [2.24, 2.45) is 0 Å². The van der Waals surface area contributed by atoms with Gasteiger partial charge in [0.15, 0.2) is 0 Å². The van der Waals surface area contributed by atoms with Crippen LogP contribution >= 0.6 is 0 Å². The number of nitrogens with one attached hydrogen (secondary N) is 1. The Hall–Kier alpha value is -2.31. The fourth-order valence-electron chi connectivity index (χ4n) is 1.79. The molecule has 2 rings (SSSR count). The Morgan fingerprint density at radius 1 is 0.913 bits per heavy atom. The van der Waals surface area contributed by atoms with Crippen LogP contribution in [0.3, 0.4) is 0 Å². The summed E-state index contributed by atoms with van der Waals surface area (Å²) in [5, 5.41) is 3.15. The van der Waals surface area contributed by atoms with Gasteiger partial charge in [-0.25, -0.2) is 0 Å². The van der Waals surface area contributed by atoms with Crippen LogP contribution in [-0.4, -0.2) is 18.8 Å². The summed E-state index contributed by atoms with van der Waals surface area (Å²) in [6.45, 7) is 0.586. The molecule has 0 bridgehead atoms. The van der Waals surface area contributed by atoms with E-state index in [0.29, 0.717) is 13.0 Å². The van der Waals surface area contributed by atoms with E-state index in [4.69, 9.17) is 0 Å². The van der Waals surface area contributed by atoms with Crippen LogP contribution < -0.4 is 10.1 Å². The largest absolute Gasteiger partial charge is 0.499 e. The van der Waals surface area contributed by atoms with E-state index in [1.807, 2.05) is 12.1 Å². The summed E-state index contributed by atoms with van der Waals surface area (Å²) in [4.78, 5) is 0. The van der Waals surface area contributed by atoms with Crippen molar-refractivity contribution >= 4 is 5.69 Å². The molecule has 0 atom stereocenters. The molecule has 1 N–H and O–H groups in total. The standard InChI is InChI=1S/C16H13F5NO/c17-15(18,19)16(20,21)23-14-8-6-12(7-9-14)10-11-22-13-4-2-1-3-5-13/h2-9,22H,10-11H2. The lowest BCUT2D eigenvalue weighted by Gasteiger charge is -2.20. The molecule has 0 heterocycles. The first-order chi connectivity index (χ1) is 10.8. The van der Waals surface area contributed by atoms with Crippen molar-refractivity contribution < 1.29 is 26.7 Å². The van der Waals surface area contributed by atoms with Crippen molar-refractivity contribution in [2.45, 2.75) is 18.7 Å². The van der Waals surface area contributed by atoms with E-state index in [1.54, 1.807) is 12.1 Å². The Morgan fingerprint density at radius 2 is 1.52 bits per heavy atom. The van der Waals surface area contributed by atoms with Crippen LogP contribution in [0.15, 0.2) is 48.5 Å². The molecule has 1 radical (unpaired) electrons. The molecule has 0 saturated heterocycles. The van der Waals surface area contributed by atoms with Gasteiger partial charge in [0.25, 0.3) is 0 Å². The normalized spacial score (nSPS) is 12.0. The predicted molar refractivity (Wildman–Crippen MR) is 75.5 cm³/mol. The highest BCUT2D eigenvalue weighted by Crippen LogP contribution is 2.37. The van der Waals surface area contributed by atoms with Crippen molar-refractivity contribution in [3.63, 3.8) is 0 Å². The van der Waals surface area contributed by atoms with Gasteiger partial charge in [-0.3, -0.25) is 0 Å². The molecule has 0 aromatic heterocycles. The first-order valence-corrected chi connectivity index (χ1v) is 6.70. The zero-order valence-corrected chi connectivity index (χ0v) is 11.8. The van der Waals surface area contributed by atoms with Gasteiger partial charge in [-0.1, -0.05) is 24.3 Å². The highest BCUT2D eigenvalue weighted by molar-refractivity contribution is 5.42. The molecular formula is C16H13F5NO. The number of ether oxygens (including phenoxy) is 1. The van der Waals surface area contributed by atoms with Crippen molar-refractivity contribution in [3.8, 4) is 5.75 Å². The van der Waals surface area contributed by atoms with Crippen LogP contribution in [0, 0.1) is 6.07 Å². The fraction of sp³-hybridized carbons (Fsp3) is 0.250. The molecule has 23 heavy (non-hydrogen) atoms. The Morgan fingerprint density at radius 3 is 2.09 bits per heavy atom. The molecule has 0 aliphatic rings. The van der Waals surface area contributed by atoms with Gasteiger partial charge in [-0.15, -0.1) is 0 Å². The number of benzene rings is 2. The Kier molecular flexibility index (Phi) is 5.08. The third-order valence-corrected chi connectivity index (χ3v) is 2.96. The van der Waals surface area contributed by atoms with Gasteiger partial charge < -0.3 is 10.1 Å². The van der Waals surface area contributed by atoms with E-state index >= 15 is 0 Å². The topological polar surface area (TPSA) is 21.3 Å². The lowest BCUT2D eigenvalue weighted by molar-refractivity contribution is -0.360. The van der Waals surface area contributed by atoms with E-state index < -0.39 is 18.0 Å². The summed E-state index contributed by atoms with van der Waals surface area (Å²) >= 11 is 0. The summed E-state index contributed by atoms with van der Waals surface area (Å²) in [6, 6.07) is 15.2. The van der Waals surface area contributed by atoms with Crippen LogP contribution in [0.4, 0.5) is 27.6 Å². The molecular weight excluding hydrogens is 317 g/mol. The highest BCUT2D eigenvalue weighted by Gasteiger charge is 2.61. The highest BCUT2D eigenvalue weighted by atomic mass is 19.4. The van der Waals surface area contributed by atoms with Crippen molar-refractivity contribution in [2.75, 3.05) is 11.9 Å². The second-order valence-electron chi connectivity index (χ2n) is 4.73. The fourth-order valence-corrected chi connectivity index (χ4v) is 1.79. The molecule has 0 aliphatic heterocycles. The molecule has 2 nitrogen and oxygen atoms in total. The molecule has 7 heteroatoms. The predicted octanol–water partition coefficient (Wildman–Crippen LogP) is 4.68. The average molecular weight is 330 g/mol. The SMILES string of the molecule is FC(F)(F)C(F)(F)Oc1ccc(CCNc2cc[c]cc2)cc1. The maximum Gasteiger partial charge on any atom is 0.499 e. The quantitative estimate of drug-likeness (QED) is 0.777. The summed E-state index contributed by atoms with van der Waals surface area (Å²) in [7, 11) is 0. The molecule has 0 amide bonds. The molecule has 2 aromatic rings. The third kappa shape index (κ3) is 4.84. The first kappa shape index (κ1) is 17.1. The smallest absolute Gasteiger partial charge is 0.426 e. The lowest BCUT2D eigenvalue weighted by atomic mass is 10.1. The van der Waals surface area contributed by atoms with Crippen LogP contribution in [0.2, 0.25) is 0 Å². The van der Waals surface area contributed by atoms with E-state index in [-0.39, 0.29) is 0 Å². The molecule has 123 valence electrons. The second kappa shape index (κ2) is 6.85. The molecule has 0 fully saturated rings. The molecule has 2 aromatic carbocycles. The van der Waals surface area contributed by atoms with Gasteiger partial charge in [0.05, 0.1) is 0 Å². The Labute approximate surface area is 129 Å². The summed E-state index contributed by atoms with van der Waals surface area (Å²) in [5.41, 5.74) is 1.69. The van der Waals surface area contributed by atoms with Crippen LogP contribution in [-0.2, 0) is 6.42 Å². The number of halogens is 5. The minimum Gasteiger partial charge on any atom is -0.426 e. The van der Waals surface area contributed by atoms with Crippen LogP contribution in [0.1, 0.15) is 5.56 Å². The van der Waals surface area contributed by atoms with Crippen LogP contribution in [0.5, 0.6) is 5.75 Å². The minimum atomic E-state index is -5.75. The Bertz CT molecular complexity index is 611. The number of alkyl halides is 5. The number of rotatable bonds is 6. The van der Waals surface area contributed by atoms with E-state index in [2.05, 4.69) is 16.1 Å². The van der Waals surface area contributed by atoms with Gasteiger partial charge in [-0.2, -0.15) is 22.0 Å². The number of anilines is 1. The maximum atomic E-state index is 12.7. The maximum absolute atomic E-state index is 12.7. The van der Waals surface area contributed by atoms with Gasteiger partial charge in [-0.05, 0) is 42.3 Å². The minimum absolute atomic E-state index is 0.539. The summed E-state index contributed by atoms with van der Waals surface area (Å²) in [5.74, 6) is -0.539. The van der Waals surface area contributed by atoms with E-state index in [9.17, 15) is 22.0 Å². The monoisotopic (exact) mass is 330 g/mol. The molecule has 0 unspecified atom stereocenters. The Balaban J connectivity index is 1.87. The van der Waals surface area contributed by atoms with Gasteiger partial charge in [0, 0.05) is 12.2 Å². The number of hydrogen-bond acceptors (Lipinski definition) is 2. The van der Waals surface area contributed by atoms with Gasteiger partial charge in [0.2, 0.25) is 0 Å². The zero-order chi connectivity index (χ0) is 16.9. The van der Waals surface area contributed by atoms with Crippen LogP contribution in [0.25, 0.3) is 0 Å². The van der Waals surface area contributed by atoms with Crippen molar-refractivity contribution in [3.05, 3.63) is 60.2 Å². The lowest BCUT2D eigenvalue weighted by Crippen LogP contribution is -2.41. The zero-order valence-electron chi connectivity index (χ0n) is 11.8. The van der Waals surface area contributed by atoms with E-state index in [1.165, 1.54) is 12.1 Å². The second-order valence-corrected chi connectivity index (χ2v) is 4.73. The van der Waals surface area contributed by atoms with Gasteiger partial charge >= 0.3 is 12.3 Å². The summed E-state index contributed by atoms with van der Waals surface area (Å²) < 4.78 is 65.3.